The summed E-state index contributed by atoms with van der Waals surface area (Å²) in [5.74, 6) is -0.451. The molecule has 0 aliphatic rings. The van der Waals surface area contributed by atoms with Gasteiger partial charge in [0.05, 0.1) is 11.9 Å². The van der Waals surface area contributed by atoms with Gasteiger partial charge in [-0.2, -0.15) is 4.98 Å². The number of amides is 1. The summed E-state index contributed by atoms with van der Waals surface area (Å²) in [5, 5.41) is 8.61. The summed E-state index contributed by atoms with van der Waals surface area (Å²) in [4.78, 5) is 23.7. The first-order valence-corrected chi connectivity index (χ1v) is 8.44. The van der Waals surface area contributed by atoms with Gasteiger partial charge >= 0.3 is 0 Å². The third-order valence-corrected chi connectivity index (χ3v) is 3.72. The van der Waals surface area contributed by atoms with Gasteiger partial charge in [0.15, 0.2) is 5.82 Å². The summed E-state index contributed by atoms with van der Waals surface area (Å²) >= 11 is 6.12. The first-order valence-electron chi connectivity index (χ1n) is 8.06. The van der Waals surface area contributed by atoms with Crippen molar-refractivity contribution in [3.8, 4) is 0 Å². The summed E-state index contributed by atoms with van der Waals surface area (Å²) in [5.41, 5.74) is 6.53. The highest BCUT2D eigenvalue weighted by Crippen LogP contribution is 2.24. The molecule has 146 valence electrons. The summed E-state index contributed by atoms with van der Waals surface area (Å²) in [6.07, 6.45) is 5.30. The lowest BCUT2D eigenvalue weighted by atomic mass is 10.1. The molecule has 0 aliphatic carbocycles. The summed E-state index contributed by atoms with van der Waals surface area (Å²) in [6.45, 7) is 3.40. The smallest absolute Gasteiger partial charge is 0.247 e. The van der Waals surface area contributed by atoms with E-state index < -0.39 is 11.7 Å². The molecule has 0 radical (unpaired) electrons. The summed E-state index contributed by atoms with van der Waals surface area (Å²) in [6, 6.07) is 4.36. The average molecular weight is 404 g/mol. The number of anilines is 3. The zero-order valence-electron chi connectivity index (χ0n) is 15.0. The molecule has 1 amide bonds. The van der Waals surface area contributed by atoms with E-state index in [1.54, 1.807) is 13.1 Å². The van der Waals surface area contributed by atoms with Crippen molar-refractivity contribution >= 4 is 41.2 Å². The number of carbonyl (C=O) groups excluding carboxylic acids is 1. The van der Waals surface area contributed by atoms with Crippen LogP contribution in [0.5, 0.6) is 0 Å². The van der Waals surface area contributed by atoms with Crippen molar-refractivity contribution in [1.29, 1.82) is 0 Å². The van der Waals surface area contributed by atoms with E-state index in [9.17, 15) is 9.18 Å². The first kappa shape index (κ1) is 20.8. The molecule has 1 heterocycles. The molecule has 2 aromatic rings. The Bertz CT molecular complexity index is 930. The van der Waals surface area contributed by atoms with Gasteiger partial charge in [0.2, 0.25) is 11.9 Å². The molecular formula is C18H19ClFN7O. The number of carbonyl (C=O) groups is 1. The molecule has 0 fully saturated rings. The number of aromatic nitrogens is 2. The van der Waals surface area contributed by atoms with Gasteiger partial charge in [0.1, 0.15) is 10.8 Å². The van der Waals surface area contributed by atoms with Crippen molar-refractivity contribution in [3.05, 3.63) is 65.4 Å². The standard InChI is InChI=1S/C18H19ClFN7O/c1-3-16(28)26-15-6-4-5-14(20)12(15)9-23-17-13(19)10-24-18(27-17)25-11(7-21)8-22-2/h3-8,10H,1,9,21H2,2H3,(H,26,28)(H2,23,24,25,27). The molecule has 0 spiro atoms. The van der Waals surface area contributed by atoms with Crippen molar-refractivity contribution in [2.75, 3.05) is 23.0 Å². The number of nitrogens with one attached hydrogen (secondary N) is 3. The minimum absolute atomic E-state index is 0.0195. The van der Waals surface area contributed by atoms with Crippen LogP contribution in [0.4, 0.5) is 21.8 Å². The van der Waals surface area contributed by atoms with Crippen molar-refractivity contribution in [3.63, 3.8) is 0 Å². The number of hydrogen-bond acceptors (Lipinski definition) is 7. The van der Waals surface area contributed by atoms with Crippen LogP contribution >= 0.6 is 11.6 Å². The van der Waals surface area contributed by atoms with Crippen LogP contribution in [0, 0.1) is 5.82 Å². The van der Waals surface area contributed by atoms with Gasteiger partial charge < -0.3 is 21.7 Å². The Morgan fingerprint density at radius 1 is 1.43 bits per heavy atom. The van der Waals surface area contributed by atoms with Crippen LogP contribution in [0.3, 0.4) is 0 Å². The molecule has 0 aliphatic heterocycles. The number of benzene rings is 1. The highest BCUT2D eigenvalue weighted by molar-refractivity contribution is 6.32. The fraction of sp³-hybridized carbons (Fsp3) is 0.111. The quantitative estimate of drug-likeness (QED) is 0.397. The van der Waals surface area contributed by atoms with Gasteiger partial charge in [0, 0.05) is 37.3 Å². The monoisotopic (exact) mass is 403 g/mol. The minimum atomic E-state index is -0.495. The zero-order chi connectivity index (χ0) is 20.5. The highest BCUT2D eigenvalue weighted by Gasteiger charge is 2.12. The van der Waals surface area contributed by atoms with E-state index in [2.05, 4.69) is 37.5 Å². The van der Waals surface area contributed by atoms with Gasteiger partial charge in [-0.1, -0.05) is 24.2 Å². The second-order valence-electron chi connectivity index (χ2n) is 5.34. The average Bonchev–Trinajstić information content (AvgIpc) is 2.69. The molecule has 0 saturated carbocycles. The Morgan fingerprint density at radius 3 is 2.89 bits per heavy atom. The van der Waals surface area contributed by atoms with Crippen LogP contribution in [-0.4, -0.2) is 29.1 Å². The van der Waals surface area contributed by atoms with Crippen molar-refractivity contribution < 1.29 is 9.18 Å². The second kappa shape index (κ2) is 10.0. The van der Waals surface area contributed by atoms with E-state index in [0.717, 1.165) is 6.08 Å². The maximum Gasteiger partial charge on any atom is 0.247 e. The van der Waals surface area contributed by atoms with Crippen LogP contribution in [0.25, 0.3) is 0 Å². The van der Waals surface area contributed by atoms with Crippen LogP contribution in [0.15, 0.2) is 53.9 Å². The SMILES string of the molecule is C=CC(=O)Nc1cccc(F)c1CNc1nc(NC(C=NC)=CN)ncc1Cl. The molecule has 0 unspecified atom stereocenters. The lowest BCUT2D eigenvalue weighted by molar-refractivity contribution is -0.111. The van der Waals surface area contributed by atoms with Crippen molar-refractivity contribution in [1.82, 2.24) is 9.97 Å². The number of nitrogens with two attached hydrogens (primary N) is 1. The number of nitrogens with zero attached hydrogens (tertiary/aromatic N) is 3. The second-order valence-corrected chi connectivity index (χ2v) is 5.74. The molecule has 0 atom stereocenters. The Kier molecular flexibility index (Phi) is 7.46. The number of allylic oxidation sites excluding steroid dienone is 1. The highest BCUT2D eigenvalue weighted by atomic mass is 35.5. The first-order chi connectivity index (χ1) is 13.5. The lowest BCUT2D eigenvalue weighted by Gasteiger charge is -2.14. The van der Waals surface area contributed by atoms with Crippen LogP contribution in [0.2, 0.25) is 5.02 Å². The van der Waals surface area contributed by atoms with E-state index >= 15 is 0 Å². The van der Waals surface area contributed by atoms with E-state index in [-0.39, 0.29) is 28.9 Å². The number of hydrogen-bond donors (Lipinski definition) is 4. The molecule has 28 heavy (non-hydrogen) atoms. The Morgan fingerprint density at radius 2 is 2.21 bits per heavy atom. The van der Waals surface area contributed by atoms with E-state index in [4.69, 9.17) is 17.3 Å². The Hall–Kier alpha value is -3.46. The van der Waals surface area contributed by atoms with Gasteiger partial charge in [-0.25, -0.2) is 9.37 Å². The number of aliphatic imine (C=N–C) groups is 1. The lowest BCUT2D eigenvalue weighted by Crippen LogP contribution is -2.13. The number of rotatable bonds is 8. The fourth-order valence-electron chi connectivity index (χ4n) is 2.15. The zero-order valence-corrected chi connectivity index (χ0v) is 15.8. The van der Waals surface area contributed by atoms with E-state index in [1.165, 1.54) is 30.7 Å². The van der Waals surface area contributed by atoms with Crippen LogP contribution in [0.1, 0.15) is 5.56 Å². The largest absolute Gasteiger partial charge is 0.403 e. The van der Waals surface area contributed by atoms with E-state index in [0.29, 0.717) is 11.4 Å². The molecule has 10 heteroatoms. The van der Waals surface area contributed by atoms with Crippen molar-refractivity contribution in [2.24, 2.45) is 10.7 Å². The normalized spacial score (nSPS) is 11.3. The molecule has 0 bridgehead atoms. The van der Waals surface area contributed by atoms with E-state index in [1.807, 2.05) is 0 Å². The molecule has 1 aromatic carbocycles. The van der Waals surface area contributed by atoms with Crippen LogP contribution < -0.4 is 21.7 Å². The minimum Gasteiger partial charge on any atom is -0.403 e. The molecule has 0 saturated heterocycles. The predicted molar refractivity (Wildman–Crippen MR) is 110 cm³/mol. The third-order valence-electron chi connectivity index (χ3n) is 3.44. The summed E-state index contributed by atoms with van der Waals surface area (Å²) < 4.78 is 14.3. The van der Waals surface area contributed by atoms with Gasteiger partial charge in [-0.15, -0.1) is 0 Å². The van der Waals surface area contributed by atoms with Crippen molar-refractivity contribution in [2.45, 2.75) is 6.54 Å². The Labute approximate surface area is 166 Å². The molecule has 8 nitrogen and oxygen atoms in total. The van der Waals surface area contributed by atoms with Gasteiger partial charge in [0.25, 0.3) is 0 Å². The molecule has 5 N–H and O–H groups in total. The van der Waals surface area contributed by atoms with Gasteiger partial charge in [-0.3, -0.25) is 9.79 Å². The Balaban J connectivity index is 2.22. The number of halogens is 2. The fourth-order valence-corrected chi connectivity index (χ4v) is 2.31. The third kappa shape index (κ3) is 5.52. The molecule has 1 aromatic heterocycles. The van der Waals surface area contributed by atoms with Crippen LogP contribution in [-0.2, 0) is 11.3 Å². The summed E-state index contributed by atoms with van der Waals surface area (Å²) in [7, 11) is 1.60. The maximum absolute atomic E-state index is 14.3. The molecule has 2 rings (SSSR count). The predicted octanol–water partition coefficient (Wildman–Crippen LogP) is 2.92. The maximum atomic E-state index is 14.3. The molecular weight excluding hydrogens is 385 g/mol. The topological polar surface area (TPSA) is 117 Å². The van der Waals surface area contributed by atoms with Gasteiger partial charge in [-0.05, 0) is 18.2 Å².